The number of hydrogen-bond acceptors (Lipinski definition) is 8. The van der Waals surface area contributed by atoms with Crippen molar-refractivity contribution in [3.63, 3.8) is 0 Å². The molecule has 0 bridgehead atoms. The minimum Gasteiger partial charge on any atom is -0.308 e. The van der Waals surface area contributed by atoms with Crippen LogP contribution in [-0.4, -0.2) is 67.6 Å². The van der Waals surface area contributed by atoms with E-state index in [9.17, 15) is 16.8 Å². The molecule has 10 rings (SSSR count). The lowest BCUT2D eigenvalue weighted by molar-refractivity contribution is 0.600. The first kappa shape index (κ1) is 35.2. The van der Waals surface area contributed by atoms with E-state index >= 15 is 0 Å². The summed E-state index contributed by atoms with van der Waals surface area (Å²) in [6.45, 7) is 14.6. The van der Waals surface area contributed by atoms with Crippen LogP contribution in [-0.2, 0) is 25.6 Å². The van der Waals surface area contributed by atoms with Crippen molar-refractivity contribution in [3.8, 4) is 11.9 Å². The van der Waals surface area contributed by atoms with Crippen molar-refractivity contribution >= 4 is 81.1 Å². The van der Waals surface area contributed by atoms with Gasteiger partial charge in [0.2, 0.25) is 21.9 Å². The zero-order valence-corrected chi connectivity index (χ0v) is 31.8. The van der Waals surface area contributed by atoms with Gasteiger partial charge in [-0.3, -0.25) is 13.9 Å². The average molecular weight is 784 g/mol. The molecule has 2 aliphatic rings. The second kappa shape index (κ2) is 13.0. The molecule has 0 saturated heterocycles. The van der Waals surface area contributed by atoms with E-state index in [4.69, 9.17) is 23.1 Å². The van der Waals surface area contributed by atoms with Crippen molar-refractivity contribution < 1.29 is 16.8 Å². The summed E-state index contributed by atoms with van der Waals surface area (Å²) in [6, 6.07) is 22.5. The zero-order valence-electron chi connectivity index (χ0n) is 30.2. The molecule has 0 atom stereocenters. The van der Waals surface area contributed by atoms with Gasteiger partial charge < -0.3 is 9.13 Å². The fourth-order valence-corrected chi connectivity index (χ4v) is 8.40. The number of nitrogens with one attached hydrogen (secondary N) is 1. The zero-order chi connectivity index (χ0) is 38.9. The van der Waals surface area contributed by atoms with E-state index in [0.29, 0.717) is 29.1 Å². The van der Waals surface area contributed by atoms with Crippen LogP contribution < -0.4 is 4.72 Å². The van der Waals surface area contributed by atoms with E-state index in [1.165, 1.54) is 6.26 Å². The number of sulfone groups is 1. The van der Waals surface area contributed by atoms with Crippen molar-refractivity contribution in [2.75, 3.05) is 17.2 Å². The molecule has 0 amide bonds. The molecular weight excluding hydrogens is 751 g/mol. The largest absolute Gasteiger partial charge is 0.308 e. The molecule has 4 aromatic carbocycles. The van der Waals surface area contributed by atoms with Gasteiger partial charge in [-0.25, -0.2) is 46.5 Å². The van der Waals surface area contributed by atoms with E-state index in [1.807, 2.05) is 51.6 Å². The first-order valence-corrected chi connectivity index (χ1v) is 21.7. The number of anilines is 1. The van der Waals surface area contributed by atoms with Crippen molar-refractivity contribution in [1.82, 2.24) is 38.2 Å². The molecule has 1 N–H and O–H groups in total. The summed E-state index contributed by atoms with van der Waals surface area (Å²) < 4.78 is 57.0. The summed E-state index contributed by atoms with van der Waals surface area (Å²) in [6.07, 6.45) is 10.1. The highest BCUT2D eigenvalue weighted by atomic mass is 32.2. The molecule has 4 aromatic heterocycles. The molecule has 4 heterocycles. The number of benzene rings is 4. The van der Waals surface area contributed by atoms with Gasteiger partial charge in [0.05, 0.1) is 75.0 Å². The molecular formula is C39H33N11O4S2. The van der Waals surface area contributed by atoms with Crippen LogP contribution in [0, 0.1) is 13.1 Å². The molecule has 2 saturated carbocycles. The van der Waals surface area contributed by atoms with Crippen LogP contribution in [0.5, 0.6) is 0 Å². The van der Waals surface area contributed by atoms with Crippen LogP contribution in [0.1, 0.15) is 43.3 Å². The Hall–Kier alpha value is -6.56. The summed E-state index contributed by atoms with van der Waals surface area (Å²) in [7, 11) is -6.47. The Morgan fingerprint density at radius 3 is 1.70 bits per heavy atom. The number of rotatable bonds is 8. The Morgan fingerprint density at radius 1 is 0.643 bits per heavy atom. The Labute approximate surface area is 321 Å². The smallest absolute Gasteiger partial charge is 0.229 e. The predicted octanol–water partition coefficient (Wildman–Crippen LogP) is 7.44. The molecule has 280 valence electrons. The normalized spacial score (nSPS) is 14.5. The minimum absolute atomic E-state index is 0.00418. The lowest BCUT2D eigenvalue weighted by Crippen LogP contribution is -2.09. The SMILES string of the molecule is [C-]#[N+]c1ccc2nc(-n3cnc4cc(CS(C)(=O)=O)ccc43)n(C3CC3)c2c1.[C-]#[N+]c1ccc2nc(-n3cnc4ccc(NS(C)(=O)=O)cc43)n(C3CC3)c2c1. The van der Waals surface area contributed by atoms with E-state index in [0.717, 1.165) is 93.5 Å². The Morgan fingerprint density at radius 2 is 1.18 bits per heavy atom. The second-order valence-corrected chi connectivity index (χ2v) is 18.2. The maximum absolute atomic E-state index is 11.6. The highest BCUT2D eigenvalue weighted by Crippen LogP contribution is 2.42. The third kappa shape index (κ3) is 6.71. The molecule has 0 spiro atoms. The van der Waals surface area contributed by atoms with Gasteiger partial charge >= 0.3 is 0 Å². The first-order valence-electron chi connectivity index (χ1n) is 17.7. The third-order valence-electron chi connectivity index (χ3n) is 9.71. The predicted molar refractivity (Wildman–Crippen MR) is 215 cm³/mol. The van der Waals surface area contributed by atoms with Crippen molar-refractivity contribution in [3.05, 3.63) is 114 Å². The van der Waals surface area contributed by atoms with Crippen LogP contribution in [0.15, 0.2) is 85.5 Å². The lowest BCUT2D eigenvalue weighted by Gasteiger charge is -2.10. The highest BCUT2D eigenvalue weighted by Gasteiger charge is 2.31. The molecule has 0 unspecified atom stereocenters. The highest BCUT2D eigenvalue weighted by molar-refractivity contribution is 7.92. The van der Waals surface area contributed by atoms with Gasteiger partial charge in [0, 0.05) is 18.3 Å². The van der Waals surface area contributed by atoms with E-state index < -0.39 is 19.9 Å². The molecule has 17 heteroatoms. The van der Waals surface area contributed by atoms with Gasteiger partial charge in [0.25, 0.3) is 0 Å². The summed E-state index contributed by atoms with van der Waals surface area (Å²) in [5, 5.41) is 0. The van der Waals surface area contributed by atoms with Crippen molar-refractivity contribution in [1.29, 1.82) is 0 Å². The average Bonchev–Trinajstić information content (AvgIpc) is 4.02. The number of hydrogen-bond donors (Lipinski definition) is 1. The quantitative estimate of drug-likeness (QED) is 0.156. The standard InChI is InChI=1S/C20H17N5O2S.C19H16N6O2S/c1-21-14-4-7-16-19(10-14)25(15-5-6-15)20(23-16)24-12-22-17-9-13(3-8-18(17)24)11-28(2,26)27;1-20-12-3-8-16-18(9-12)25(14-5-6-14)19(22-16)24-11-21-15-7-4-13(10-17(15)24)23-28(2,26)27/h3-4,7-10,12,15H,5-6,11H2,2H3;3-4,7-11,14,23H,5-6H2,2H3. The number of fused-ring (bicyclic) bond motifs is 4. The number of nitrogens with zero attached hydrogens (tertiary/aromatic N) is 10. The van der Waals surface area contributed by atoms with E-state index in [-0.39, 0.29) is 5.75 Å². The number of aromatic nitrogens is 8. The van der Waals surface area contributed by atoms with E-state index in [1.54, 1.807) is 43.0 Å². The maximum Gasteiger partial charge on any atom is 0.229 e. The number of sulfonamides is 1. The third-order valence-corrected chi connectivity index (χ3v) is 11.2. The Bertz CT molecular complexity index is 3210. The summed E-state index contributed by atoms with van der Waals surface area (Å²) >= 11 is 0. The van der Waals surface area contributed by atoms with Gasteiger partial charge in [0.15, 0.2) is 21.2 Å². The molecule has 0 radical (unpaired) electrons. The second-order valence-electron chi connectivity index (χ2n) is 14.3. The molecule has 8 aromatic rings. The molecule has 2 aliphatic carbocycles. The Balaban J connectivity index is 0.000000146. The topological polar surface area (TPSA) is 160 Å². The van der Waals surface area contributed by atoms with Crippen LogP contribution >= 0.6 is 0 Å². The lowest BCUT2D eigenvalue weighted by atomic mass is 10.2. The summed E-state index contributed by atoms with van der Waals surface area (Å²) in [5.41, 5.74) is 9.05. The monoisotopic (exact) mass is 783 g/mol. The maximum atomic E-state index is 11.6. The molecule has 0 aliphatic heterocycles. The fourth-order valence-electron chi connectivity index (χ4n) is 7.06. The van der Waals surface area contributed by atoms with Gasteiger partial charge in [-0.15, -0.1) is 0 Å². The fraction of sp³-hybridized carbons (Fsp3) is 0.231. The summed E-state index contributed by atoms with van der Waals surface area (Å²) in [5.74, 6) is 1.49. The van der Waals surface area contributed by atoms with Crippen molar-refractivity contribution in [2.45, 2.75) is 43.5 Å². The molecule has 2 fully saturated rings. The number of imidazole rings is 4. The van der Waals surface area contributed by atoms with E-state index in [2.05, 4.69) is 33.5 Å². The van der Waals surface area contributed by atoms with Gasteiger partial charge in [-0.2, -0.15) is 0 Å². The summed E-state index contributed by atoms with van der Waals surface area (Å²) in [4.78, 5) is 25.6. The van der Waals surface area contributed by atoms with Crippen LogP contribution in [0.4, 0.5) is 17.1 Å². The van der Waals surface area contributed by atoms with Gasteiger partial charge in [0.1, 0.15) is 12.7 Å². The first-order chi connectivity index (χ1) is 26.9. The molecule has 56 heavy (non-hydrogen) atoms. The van der Waals surface area contributed by atoms with Crippen molar-refractivity contribution in [2.24, 2.45) is 0 Å². The van der Waals surface area contributed by atoms with Crippen LogP contribution in [0.2, 0.25) is 0 Å². The minimum atomic E-state index is -3.37. The molecule has 15 nitrogen and oxygen atoms in total. The Kier molecular flexibility index (Phi) is 8.19. The van der Waals surface area contributed by atoms with Crippen LogP contribution in [0.3, 0.4) is 0 Å². The van der Waals surface area contributed by atoms with Crippen LogP contribution in [0.25, 0.3) is 65.7 Å². The van der Waals surface area contributed by atoms with Gasteiger partial charge in [-0.05, 0) is 85.8 Å². The van der Waals surface area contributed by atoms with Gasteiger partial charge in [-0.1, -0.05) is 18.2 Å².